The number of phenolic OH excluding ortho intramolecular Hbond substituents is 1. The Hall–Kier alpha value is -2.01. The number of aromatic nitrogens is 1. The molecule has 5 heteroatoms. The first-order valence-electron chi connectivity index (χ1n) is 6.47. The number of aromatic hydroxyl groups is 1. The summed E-state index contributed by atoms with van der Waals surface area (Å²) in [4.78, 5) is 16.6. The maximum atomic E-state index is 11.5. The average molecular weight is 276 g/mol. The van der Waals surface area contributed by atoms with Crippen molar-refractivity contribution in [3.8, 4) is 5.75 Å². The second kappa shape index (κ2) is 4.83. The van der Waals surface area contributed by atoms with Crippen molar-refractivity contribution in [1.82, 2.24) is 9.88 Å². The Balaban J connectivity index is 2.97. The van der Waals surface area contributed by atoms with Crippen molar-refractivity contribution < 1.29 is 15.0 Å². The monoisotopic (exact) mass is 276 g/mol. The molecule has 0 saturated heterocycles. The number of H-pyrrole nitrogens is 1. The average Bonchev–Trinajstić information content (AvgIpc) is 2.69. The van der Waals surface area contributed by atoms with E-state index in [0.29, 0.717) is 23.2 Å². The molecule has 2 aromatic rings. The zero-order valence-corrected chi connectivity index (χ0v) is 12.5. The molecule has 20 heavy (non-hydrogen) atoms. The molecule has 0 amide bonds. The van der Waals surface area contributed by atoms with Gasteiger partial charge in [0.25, 0.3) is 0 Å². The summed E-state index contributed by atoms with van der Waals surface area (Å²) in [7, 11) is 3.78. The van der Waals surface area contributed by atoms with Gasteiger partial charge in [-0.25, -0.2) is 4.79 Å². The normalized spacial score (nSPS) is 11.5. The van der Waals surface area contributed by atoms with Crippen LogP contribution in [0.5, 0.6) is 5.75 Å². The topological polar surface area (TPSA) is 76.6 Å². The molecule has 0 unspecified atom stereocenters. The van der Waals surface area contributed by atoms with Gasteiger partial charge in [0.15, 0.2) is 0 Å². The van der Waals surface area contributed by atoms with E-state index in [9.17, 15) is 15.0 Å². The number of carbonyl (C=O) groups is 1. The summed E-state index contributed by atoms with van der Waals surface area (Å²) in [6.07, 6.45) is 0. The number of carboxylic acids is 1. The second-order valence-corrected chi connectivity index (χ2v) is 5.50. The van der Waals surface area contributed by atoms with E-state index in [0.717, 1.165) is 16.6 Å². The Bertz CT molecular complexity index is 699. The molecule has 0 bridgehead atoms. The van der Waals surface area contributed by atoms with Gasteiger partial charge < -0.3 is 20.1 Å². The first-order chi connectivity index (χ1) is 9.25. The second-order valence-electron chi connectivity index (χ2n) is 5.50. The van der Waals surface area contributed by atoms with Gasteiger partial charge in [-0.3, -0.25) is 0 Å². The first-order valence-corrected chi connectivity index (χ1v) is 6.47. The van der Waals surface area contributed by atoms with Crippen molar-refractivity contribution >= 4 is 16.9 Å². The standard InChI is InChI=1S/C15H20N2O3/c1-7-8(2)14(18)10(6-17(4)5)12-11(15(19)20)9(3)16-13(7)12/h16,18H,6H2,1-5H3,(H,19,20). The summed E-state index contributed by atoms with van der Waals surface area (Å²) in [6, 6.07) is 0. The number of nitrogens with zero attached hydrogens (tertiary/aromatic N) is 1. The zero-order chi connectivity index (χ0) is 15.2. The number of aromatic amines is 1. The number of phenols is 1. The van der Waals surface area contributed by atoms with Crippen LogP contribution in [-0.4, -0.2) is 40.2 Å². The molecule has 1 heterocycles. The molecule has 5 nitrogen and oxygen atoms in total. The fourth-order valence-corrected chi connectivity index (χ4v) is 2.66. The molecule has 0 aliphatic rings. The quantitative estimate of drug-likeness (QED) is 0.805. The minimum absolute atomic E-state index is 0.185. The van der Waals surface area contributed by atoms with Crippen molar-refractivity contribution in [2.45, 2.75) is 27.3 Å². The van der Waals surface area contributed by atoms with Gasteiger partial charge >= 0.3 is 5.97 Å². The Morgan fingerprint density at radius 2 is 1.80 bits per heavy atom. The van der Waals surface area contributed by atoms with E-state index >= 15 is 0 Å². The van der Waals surface area contributed by atoms with E-state index in [1.165, 1.54) is 0 Å². The number of benzene rings is 1. The summed E-state index contributed by atoms with van der Waals surface area (Å²) >= 11 is 0. The van der Waals surface area contributed by atoms with Gasteiger partial charge in [0.2, 0.25) is 0 Å². The predicted molar refractivity (Wildman–Crippen MR) is 78.5 cm³/mol. The zero-order valence-electron chi connectivity index (χ0n) is 12.5. The van der Waals surface area contributed by atoms with Gasteiger partial charge in [-0.1, -0.05) is 0 Å². The number of aromatic carboxylic acids is 1. The van der Waals surface area contributed by atoms with Crippen molar-refractivity contribution in [2.75, 3.05) is 14.1 Å². The van der Waals surface area contributed by atoms with E-state index in [-0.39, 0.29) is 11.3 Å². The SMILES string of the molecule is Cc1[nH]c2c(C)c(C)c(O)c(CN(C)C)c2c1C(=O)O. The van der Waals surface area contributed by atoms with Crippen LogP contribution in [0.25, 0.3) is 10.9 Å². The highest BCUT2D eigenvalue weighted by Gasteiger charge is 2.23. The molecule has 0 aliphatic carbocycles. The number of rotatable bonds is 3. The Morgan fingerprint density at radius 1 is 1.20 bits per heavy atom. The van der Waals surface area contributed by atoms with Gasteiger partial charge in [-0.2, -0.15) is 0 Å². The van der Waals surface area contributed by atoms with E-state index in [2.05, 4.69) is 4.98 Å². The lowest BCUT2D eigenvalue weighted by Gasteiger charge is -2.16. The number of hydrogen-bond donors (Lipinski definition) is 3. The van der Waals surface area contributed by atoms with Crippen LogP contribution >= 0.6 is 0 Å². The maximum absolute atomic E-state index is 11.5. The molecule has 108 valence electrons. The predicted octanol–water partition coefficient (Wildman–Crippen LogP) is 2.56. The number of fused-ring (bicyclic) bond motifs is 1. The molecule has 1 aromatic carbocycles. The van der Waals surface area contributed by atoms with Gasteiger partial charge in [0, 0.05) is 23.2 Å². The molecular formula is C15H20N2O3. The molecule has 1 aromatic heterocycles. The van der Waals surface area contributed by atoms with E-state index in [4.69, 9.17) is 0 Å². The number of aryl methyl sites for hydroxylation is 2. The maximum Gasteiger partial charge on any atom is 0.338 e. The van der Waals surface area contributed by atoms with Crippen molar-refractivity contribution in [3.63, 3.8) is 0 Å². The van der Waals surface area contributed by atoms with Crippen LogP contribution in [0.3, 0.4) is 0 Å². The fraction of sp³-hybridized carbons (Fsp3) is 0.400. The van der Waals surface area contributed by atoms with E-state index in [1.807, 2.05) is 32.8 Å². The molecule has 2 rings (SSSR count). The molecule has 0 aliphatic heterocycles. The van der Waals surface area contributed by atoms with Crippen LogP contribution in [0.4, 0.5) is 0 Å². The molecule has 0 atom stereocenters. The Morgan fingerprint density at radius 3 is 2.30 bits per heavy atom. The van der Waals surface area contributed by atoms with Crippen LogP contribution in [-0.2, 0) is 6.54 Å². The summed E-state index contributed by atoms with van der Waals surface area (Å²) in [5.74, 6) is -0.790. The van der Waals surface area contributed by atoms with Crippen LogP contribution in [0.2, 0.25) is 0 Å². The molecule has 3 N–H and O–H groups in total. The Labute approximate surface area is 117 Å². The third kappa shape index (κ3) is 2.04. The first kappa shape index (κ1) is 14.4. The molecule has 0 fully saturated rings. The summed E-state index contributed by atoms with van der Waals surface area (Å²) in [6.45, 7) is 5.97. The summed E-state index contributed by atoms with van der Waals surface area (Å²) in [5, 5.41) is 20.5. The lowest BCUT2D eigenvalue weighted by molar-refractivity contribution is 0.0698. The third-order valence-electron chi connectivity index (χ3n) is 3.76. The molecule has 0 saturated carbocycles. The van der Waals surface area contributed by atoms with Crippen LogP contribution in [0.15, 0.2) is 0 Å². The van der Waals surface area contributed by atoms with Gasteiger partial charge in [0.05, 0.1) is 11.1 Å². The molecular weight excluding hydrogens is 256 g/mol. The minimum Gasteiger partial charge on any atom is -0.507 e. The largest absolute Gasteiger partial charge is 0.507 e. The minimum atomic E-state index is -0.976. The van der Waals surface area contributed by atoms with Crippen LogP contribution < -0.4 is 0 Å². The number of hydrogen-bond acceptors (Lipinski definition) is 3. The number of carboxylic acid groups (broad SMARTS) is 1. The van der Waals surface area contributed by atoms with Crippen LogP contribution in [0.1, 0.15) is 32.7 Å². The Kier molecular flexibility index (Phi) is 3.48. The number of nitrogens with one attached hydrogen (secondary N) is 1. The van der Waals surface area contributed by atoms with Crippen molar-refractivity contribution in [2.24, 2.45) is 0 Å². The van der Waals surface area contributed by atoms with Gasteiger partial charge in [-0.15, -0.1) is 0 Å². The van der Waals surface area contributed by atoms with Crippen molar-refractivity contribution in [3.05, 3.63) is 27.9 Å². The third-order valence-corrected chi connectivity index (χ3v) is 3.76. The lowest BCUT2D eigenvalue weighted by atomic mass is 9.96. The molecule has 0 spiro atoms. The summed E-state index contributed by atoms with van der Waals surface area (Å²) < 4.78 is 0. The van der Waals surface area contributed by atoms with E-state index < -0.39 is 5.97 Å². The highest BCUT2D eigenvalue weighted by molar-refractivity contribution is 6.08. The highest BCUT2D eigenvalue weighted by atomic mass is 16.4. The summed E-state index contributed by atoms with van der Waals surface area (Å²) in [5.41, 5.74) is 3.99. The van der Waals surface area contributed by atoms with Gasteiger partial charge in [-0.05, 0) is 46.0 Å². The molecule has 0 radical (unpaired) electrons. The van der Waals surface area contributed by atoms with Crippen molar-refractivity contribution in [1.29, 1.82) is 0 Å². The lowest BCUT2D eigenvalue weighted by Crippen LogP contribution is -2.12. The van der Waals surface area contributed by atoms with E-state index in [1.54, 1.807) is 6.92 Å². The fourth-order valence-electron chi connectivity index (χ4n) is 2.66. The highest BCUT2D eigenvalue weighted by Crippen LogP contribution is 2.37. The van der Waals surface area contributed by atoms with Crippen LogP contribution in [0, 0.1) is 20.8 Å². The van der Waals surface area contributed by atoms with Gasteiger partial charge in [0.1, 0.15) is 5.75 Å². The smallest absolute Gasteiger partial charge is 0.338 e.